The Morgan fingerprint density at radius 2 is 1.41 bits per heavy atom. The quantitative estimate of drug-likeness (QED) is 0.277. The second-order valence-electron chi connectivity index (χ2n) is 6.76. The van der Waals surface area contributed by atoms with Gasteiger partial charge in [-0.3, -0.25) is 4.79 Å². The van der Waals surface area contributed by atoms with Gasteiger partial charge in [0.15, 0.2) is 5.78 Å². The van der Waals surface area contributed by atoms with Crippen LogP contribution in [0.15, 0.2) is 119 Å². The monoisotopic (exact) mass is 395 g/mol. The number of para-hydroxylation sites is 1. The summed E-state index contributed by atoms with van der Waals surface area (Å²) in [5, 5.41) is 5.87. The number of hydrogen-bond acceptors (Lipinski definition) is 3. The molecule has 0 unspecified atom stereocenters. The maximum absolute atomic E-state index is 12.4. The van der Waals surface area contributed by atoms with Crippen molar-refractivity contribution in [1.82, 2.24) is 0 Å². The highest BCUT2D eigenvalue weighted by Gasteiger charge is 2.08. The number of fused-ring (bicyclic) bond motifs is 1. The summed E-state index contributed by atoms with van der Waals surface area (Å²) in [6.07, 6.45) is 1.65. The Hall–Kier alpha value is -3.30. The van der Waals surface area contributed by atoms with Crippen molar-refractivity contribution in [3.05, 3.63) is 114 Å². The summed E-state index contributed by atoms with van der Waals surface area (Å²) >= 11 is 1.73. The molecule has 0 radical (unpaired) electrons. The zero-order chi connectivity index (χ0) is 20.1. The van der Waals surface area contributed by atoms with E-state index in [-0.39, 0.29) is 5.78 Å². The number of hydrogen-bond donors (Lipinski definition) is 1. The number of anilines is 1. The molecule has 2 nitrogen and oxygen atoms in total. The first-order chi connectivity index (χ1) is 14.2. The molecule has 0 aromatic heterocycles. The standard InChI is InChI=1S/C26H21NOS/c1-19(18-24(28)21-11-3-2-4-12-21)27-23-15-7-8-16-26(23)29-25-17-9-13-20-10-5-6-14-22(20)25/h2-18,27H,1H3/b19-18-. The van der Waals surface area contributed by atoms with E-state index < -0.39 is 0 Å². The van der Waals surface area contributed by atoms with E-state index >= 15 is 0 Å². The molecule has 4 aromatic carbocycles. The molecule has 3 heteroatoms. The second kappa shape index (κ2) is 8.80. The van der Waals surface area contributed by atoms with Crippen LogP contribution in [0, 0.1) is 0 Å². The van der Waals surface area contributed by atoms with Gasteiger partial charge in [-0.2, -0.15) is 0 Å². The molecule has 0 aliphatic heterocycles. The van der Waals surface area contributed by atoms with Gasteiger partial charge in [0.05, 0.1) is 5.69 Å². The highest BCUT2D eigenvalue weighted by Crippen LogP contribution is 2.37. The van der Waals surface area contributed by atoms with Crippen LogP contribution >= 0.6 is 11.8 Å². The molecule has 29 heavy (non-hydrogen) atoms. The topological polar surface area (TPSA) is 29.1 Å². The lowest BCUT2D eigenvalue weighted by Crippen LogP contribution is -2.02. The maximum atomic E-state index is 12.4. The predicted octanol–water partition coefficient (Wildman–Crippen LogP) is 7.19. The van der Waals surface area contributed by atoms with Crippen LogP contribution in [0.3, 0.4) is 0 Å². The van der Waals surface area contributed by atoms with E-state index in [0.717, 1.165) is 16.3 Å². The molecule has 0 amide bonds. The van der Waals surface area contributed by atoms with E-state index in [4.69, 9.17) is 0 Å². The fraction of sp³-hybridized carbons (Fsp3) is 0.0385. The van der Waals surface area contributed by atoms with Gasteiger partial charge in [0, 0.05) is 27.1 Å². The number of carbonyl (C=O) groups excluding carboxylic acids is 1. The maximum Gasteiger partial charge on any atom is 0.187 e. The summed E-state index contributed by atoms with van der Waals surface area (Å²) < 4.78 is 0. The van der Waals surface area contributed by atoms with Crippen molar-refractivity contribution >= 4 is 34.0 Å². The van der Waals surface area contributed by atoms with E-state index in [1.807, 2.05) is 55.5 Å². The highest BCUT2D eigenvalue weighted by atomic mass is 32.2. The smallest absolute Gasteiger partial charge is 0.187 e. The zero-order valence-electron chi connectivity index (χ0n) is 16.1. The SMILES string of the molecule is C/C(=C/C(=O)c1ccccc1)Nc1ccccc1Sc1cccc2ccccc12. The van der Waals surface area contributed by atoms with Crippen molar-refractivity contribution in [3.8, 4) is 0 Å². The van der Waals surface area contributed by atoms with Crippen molar-refractivity contribution < 1.29 is 4.79 Å². The first-order valence-electron chi connectivity index (χ1n) is 9.50. The summed E-state index contributed by atoms with van der Waals surface area (Å²) in [7, 11) is 0. The lowest BCUT2D eigenvalue weighted by Gasteiger charge is -2.13. The molecule has 1 N–H and O–H groups in total. The molecule has 0 saturated carbocycles. The summed E-state index contributed by atoms with van der Waals surface area (Å²) in [6, 6.07) is 32.3. The van der Waals surface area contributed by atoms with Crippen molar-refractivity contribution in [2.75, 3.05) is 5.32 Å². The summed E-state index contributed by atoms with van der Waals surface area (Å²) in [6.45, 7) is 1.92. The first-order valence-corrected chi connectivity index (χ1v) is 10.3. The molecule has 4 aromatic rings. The fourth-order valence-corrected chi connectivity index (χ4v) is 4.25. The molecule has 0 saturated heterocycles. The largest absolute Gasteiger partial charge is 0.358 e. The summed E-state index contributed by atoms with van der Waals surface area (Å²) in [5.41, 5.74) is 2.48. The molecule has 4 rings (SSSR count). The molecular formula is C26H21NOS. The Balaban J connectivity index is 1.58. The Labute approximate surface area is 175 Å². The highest BCUT2D eigenvalue weighted by molar-refractivity contribution is 7.99. The van der Waals surface area contributed by atoms with Gasteiger partial charge in [0.25, 0.3) is 0 Å². The van der Waals surface area contributed by atoms with Gasteiger partial charge < -0.3 is 5.32 Å². The third kappa shape index (κ3) is 4.58. The number of rotatable bonds is 6. The third-order valence-electron chi connectivity index (χ3n) is 4.59. The average Bonchev–Trinajstić information content (AvgIpc) is 2.76. The Kier molecular flexibility index (Phi) is 5.78. The number of carbonyl (C=O) groups is 1. The minimum atomic E-state index is -0.00483. The second-order valence-corrected chi connectivity index (χ2v) is 7.84. The Bertz CT molecular complexity index is 1180. The summed E-state index contributed by atoms with van der Waals surface area (Å²) in [4.78, 5) is 14.8. The van der Waals surface area contributed by atoms with E-state index in [0.29, 0.717) is 5.56 Å². The molecular weight excluding hydrogens is 374 g/mol. The van der Waals surface area contributed by atoms with Crippen LogP contribution < -0.4 is 5.32 Å². The van der Waals surface area contributed by atoms with Gasteiger partial charge in [-0.05, 0) is 35.9 Å². The van der Waals surface area contributed by atoms with Gasteiger partial charge in [0.2, 0.25) is 0 Å². The number of ketones is 1. The van der Waals surface area contributed by atoms with Crippen molar-refractivity contribution in [2.45, 2.75) is 16.7 Å². The minimum absolute atomic E-state index is 0.00483. The molecule has 142 valence electrons. The Morgan fingerprint density at radius 3 is 2.28 bits per heavy atom. The van der Waals surface area contributed by atoms with Crippen molar-refractivity contribution in [3.63, 3.8) is 0 Å². The minimum Gasteiger partial charge on any atom is -0.358 e. The van der Waals surface area contributed by atoms with E-state index in [9.17, 15) is 4.79 Å². The van der Waals surface area contributed by atoms with E-state index in [1.165, 1.54) is 15.7 Å². The Morgan fingerprint density at radius 1 is 0.759 bits per heavy atom. The number of allylic oxidation sites excluding steroid dienone is 2. The molecule has 0 heterocycles. The lowest BCUT2D eigenvalue weighted by molar-refractivity contribution is 0.104. The molecule has 0 bridgehead atoms. The predicted molar refractivity (Wildman–Crippen MR) is 123 cm³/mol. The van der Waals surface area contributed by atoms with Crippen LogP contribution in [0.4, 0.5) is 5.69 Å². The van der Waals surface area contributed by atoms with E-state index in [1.54, 1.807) is 17.8 Å². The van der Waals surface area contributed by atoms with Gasteiger partial charge >= 0.3 is 0 Å². The lowest BCUT2D eigenvalue weighted by atomic mass is 10.1. The number of nitrogens with one attached hydrogen (secondary N) is 1. The van der Waals surface area contributed by atoms with E-state index in [2.05, 4.69) is 53.8 Å². The van der Waals surface area contributed by atoms with Crippen LogP contribution in [-0.2, 0) is 0 Å². The molecule has 0 aliphatic carbocycles. The molecule has 0 aliphatic rings. The first kappa shape index (κ1) is 19.0. The average molecular weight is 396 g/mol. The van der Waals surface area contributed by atoms with Crippen LogP contribution in [0.25, 0.3) is 10.8 Å². The fourth-order valence-electron chi connectivity index (χ4n) is 3.19. The molecule has 0 fully saturated rings. The third-order valence-corrected chi connectivity index (χ3v) is 5.75. The molecule has 0 atom stereocenters. The van der Waals surface area contributed by atoms with Crippen LogP contribution in [0.2, 0.25) is 0 Å². The zero-order valence-corrected chi connectivity index (χ0v) is 16.9. The van der Waals surface area contributed by atoms with Gasteiger partial charge in [-0.15, -0.1) is 0 Å². The van der Waals surface area contributed by atoms with Gasteiger partial charge in [-0.1, -0.05) is 90.6 Å². The van der Waals surface area contributed by atoms with Crippen LogP contribution in [0.5, 0.6) is 0 Å². The van der Waals surface area contributed by atoms with Gasteiger partial charge in [0.1, 0.15) is 0 Å². The summed E-state index contributed by atoms with van der Waals surface area (Å²) in [5.74, 6) is -0.00483. The van der Waals surface area contributed by atoms with Crippen molar-refractivity contribution in [1.29, 1.82) is 0 Å². The number of benzene rings is 4. The van der Waals surface area contributed by atoms with Gasteiger partial charge in [-0.25, -0.2) is 0 Å². The molecule has 0 spiro atoms. The normalized spacial score (nSPS) is 11.4. The van der Waals surface area contributed by atoms with Crippen LogP contribution in [0.1, 0.15) is 17.3 Å². The van der Waals surface area contributed by atoms with Crippen molar-refractivity contribution in [2.24, 2.45) is 0 Å². The van der Waals surface area contributed by atoms with Crippen LogP contribution in [-0.4, -0.2) is 5.78 Å².